The minimum absolute atomic E-state index is 0.0922. The number of rotatable bonds is 4. The lowest BCUT2D eigenvalue weighted by Gasteiger charge is -2.04. The molecule has 0 saturated heterocycles. The lowest BCUT2D eigenvalue weighted by atomic mass is 10.5. The molecule has 1 aromatic rings. The second kappa shape index (κ2) is 4.20. The molecule has 0 bridgehead atoms. The number of carbonyl (C=O) groups excluding carboxylic acids is 1. The molecule has 2 N–H and O–H groups in total. The lowest BCUT2D eigenvalue weighted by molar-refractivity contribution is -0.119. The molecule has 0 unspecified atom stereocenters. The van der Waals surface area contributed by atoms with Crippen LogP contribution in [0.15, 0.2) is 12.4 Å². The summed E-state index contributed by atoms with van der Waals surface area (Å²) in [5, 5.41) is 5.51. The fraction of sp³-hybridized carbons (Fsp3) is 0.444. The quantitative estimate of drug-likeness (QED) is 0.750. The molecule has 1 aromatic heterocycles. The third-order valence-electron chi connectivity index (χ3n) is 1.97. The van der Waals surface area contributed by atoms with E-state index in [2.05, 4.69) is 20.6 Å². The van der Waals surface area contributed by atoms with Gasteiger partial charge in [0.05, 0.1) is 18.9 Å². The molecule has 1 amide bonds. The van der Waals surface area contributed by atoms with Crippen molar-refractivity contribution >= 4 is 11.9 Å². The Kier molecular flexibility index (Phi) is 2.75. The Labute approximate surface area is 86.1 Å². The summed E-state index contributed by atoms with van der Waals surface area (Å²) >= 11 is 0. The fourth-order valence-corrected chi connectivity index (χ4v) is 1.07. The summed E-state index contributed by atoms with van der Waals surface area (Å²) in [6.07, 6.45) is 4.21. The fourth-order valence-electron chi connectivity index (χ4n) is 1.07. The van der Waals surface area contributed by atoms with Gasteiger partial charge in [-0.05, 0) is 12.8 Å². The van der Waals surface area contributed by atoms with Crippen LogP contribution in [0.1, 0.15) is 12.8 Å². The van der Waals surface area contributed by atoms with Gasteiger partial charge in [-0.25, -0.2) is 14.4 Å². The van der Waals surface area contributed by atoms with Crippen LogP contribution in [0.5, 0.6) is 0 Å². The molecule has 0 aromatic carbocycles. The van der Waals surface area contributed by atoms with Crippen LogP contribution in [0, 0.1) is 5.82 Å². The van der Waals surface area contributed by atoms with Crippen LogP contribution in [-0.4, -0.2) is 28.5 Å². The highest BCUT2D eigenvalue weighted by atomic mass is 19.1. The van der Waals surface area contributed by atoms with Crippen molar-refractivity contribution in [3.8, 4) is 0 Å². The van der Waals surface area contributed by atoms with Gasteiger partial charge in [-0.15, -0.1) is 0 Å². The highest BCUT2D eigenvalue weighted by molar-refractivity contribution is 5.80. The normalized spacial score (nSPS) is 14.7. The van der Waals surface area contributed by atoms with Gasteiger partial charge < -0.3 is 10.6 Å². The predicted octanol–water partition coefficient (Wildman–Crippen LogP) is 0.306. The van der Waals surface area contributed by atoms with E-state index in [4.69, 9.17) is 0 Å². The number of nitrogens with one attached hydrogen (secondary N) is 2. The molecular weight excluding hydrogens is 199 g/mol. The van der Waals surface area contributed by atoms with E-state index in [1.165, 1.54) is 0 Å². The standard InChI is InChI=1S/C9H11FN4O/c10-6-3-11-9(12-4-6)13-5-8(15)14-7-1-2-7/h3-4,7H,1-2,5H2,(H,14,15)(H,11,12,13). The number of nitrogens with zero attached hydrogens (tertiary/aromatic N) is 2. The van der Waals surface area contributed by atoms with Crippen LogP contribution in [0.25, 0.3) is 0 Å². The second-order valence-electron chi connectivity index (χ2n) is 3.42. The van der Waals surface area contributed by atoms with Gasteiger partial charge in [0, 0.05) is 6.04 Å². The monoisotopic (exact) mass is 210 g/mol. The molecule has 6 heteroatoms. The lowest BCUT2D eigenvalue weighted by Crippen LogP contribution is -2.31. The zero-order chi connectivity index (χ0) is 10.7. The van der Waals surface area contributed by atoms with Crippen molar-refractivity contribution in [3.05, 3.63) is 18.2 Å². The minimum Gasteiger partial charge on any atom is -0.352 e. The minimum atomic E-state index is -0.497. The van der Waals surface area contributed by atoms with Crippen molar-refractivity contribution in [1.29, 1.82) is 0 Å². The van der Waals surface area contributed by atoms with Gasteiger partial charge in [-0.2, -0.15) is 0 Å². The third-order valence-corrected chi connectivity index (χ3v) is 1.97. The van der Waals surface area contributed by atoms with Crippen molar-refractivity contribution in [2.24, 2.45) is 0 Å². The molecule has 1 aliphatic rings. The summed E-state index contributed by atoms with van der Waals surface area (Å²) in [5.41, 5.74) is 0. The molecule has 1 fully saturated rings. The van der Waals surface area contributed by atoms with Gasteiger partial charge in [0.25, 0.3) is 0 Å². The molecule has 80 valence electrons. The van der Waals surface area contributed by atoms with Crippen molar-refractivity contribution in [2.45, 2.75) is 18.9 Å². The number of carbonyl (C=O) groups is 1. The highest BCUT2D eigenvalue weighted by Crippen LogP contribution is 2.18. The number of amides is 1. The van der Waals surface area contributed by atoms with Crippen molar-refractivity contribution in [2.75, 3.05) is 11.9 Å². The summed E-state index contributed by atoms with van der Waals surface area (Å²) in [7, 11) is 0. The van der Waals surface area contributed by atoms with E-state index in [9.17, 15) is 9.18 Å². The van der Waals surface area contributed by atoms with E-state index in [1.54, 1.807) is 0 Å². The third kappa shape index (κ3) is 3.16. The molecule has 1 aliphatic carbocycles. The van der Waals surface area contributed by atoms with Crippen LogP contribution < -0.4 is 10.6 Å². The largest absolute Gasteiger partial charge is 0.352 e. The Morgan fingerprint density at radius 3 is 2.73 bits per heavy atom. The van der Waals surface area contributed by atoms with Crippen LogP contribution >= 0.6 is 0 Å². The zero-order valence-electron chi connectivity index (χ0n) is 8.03. The number of anilines is 1. The van der Waals surface area contributed by atoms with Gasteiger partial charge in [-0.1, -0.05) is 0 Å². The first-order valence-electron chi connectivity index (χ1n) is 4.75. The Morgan fingerprint density at radius 1 is 1.47 bits per heavy atom. The first-order chi connectivity index (χ1) is 7.24. The van der Waals surface area contributed by atoms with Crippen LogP contribution in [-0.2, 0) is 4.79 Å². The first kappa shape index (κ1) is 9.82. The van der Waals surface area contributed by atoms with E-state index in [0.29, 0.717) is 6.04 Å². The van der Waals surface area contributed by atoms with Crippen molar-refractivity contribution in [3.63, 3.8) is 0 Å². The Balaban J connectivity index is 1.76. The SMILES string of the molecule is O=C(CNc1ncc(F)cn1)NC1CC1. The maximum absolute atomic E-state index is 12.4. The zero-order valence-corrected chi connectivity index (χ0v) is 8.03. The molecule has 0 aliphatic heterocycles. The Hall–Kier alpha value is -1.72. The molecule has 2 rings (SSSR count). The van der Waals surface area contributed by atoms with Crippen LogP contribution in [0.4, 0.5) is 10.3 Å². The smallest absolute Gasteiger partial charge is 0.239 e. The number of halogens is 1. The summed E-state index contributed by atoms with van der Waals surface area (Å²) in [5.74, 6) is -0.337. The van der Waals surface area contributed by atoms with Crippen molar-refractivity contribution in [1.82, 2.24) is 15.3 Å². The Bertz CT molecular complexity index is 350. The van der Waals surface area contributed by atoms with Crippen LogP contribution in [0.3, 0.4) is 0 Å². The van der Waals surface area contributed by atoms with Gasteiger partial charge in [0.15, 0.2) is 5.82 Å². The van der Waals surface area contributed by atoms with E-state index in [0.717, 1.165) is 25.2 Å². The topological polar surface area (TPSA) is 66.9 Å². The van der Waals surface area contributed by atoms with E-state index < -0.39 is 5.82 Å². The number of hydrogen-bond donors (Lipinski definition) is 2. The summed E-state index contributed by atoms with van der Waals surface area (Å²) < 4.78 is 12.4. The van der Waals surface area contributed by atoms with Gasteiger partial charge >= 0.3 is 0 Å². The maximum atomic E-state index is 12.4. The van der Waals surface area contributed by atoms with Gasteiger partial charge in [0.1, 0.15) is 0 Å². The molecule has 0 atom stereocenters. The summed E-state index contributed by atoms with van der Waals surface area (Å²) in [6.45, 7) is 0.113. The van der Waals surface area contributed by atoms with Gasteiger partial charge in [-0.3, -0.25) is 4.79 Å². The summed E-state index contributed by atoms with van der Waals surface area (Å²) in [6, 6.07) is 0.341. The van der Waals surface area contributed by atoms with Gasteiger partial charge in [0.2, 0.25) is 11.9 Å². The highest BCUT2D eigenvalue weighted by Gasteiger charge is 2.22. The molecule has 0 radical (unpaired) electrons. The van der Waals surface area contributed by atoms with E-state index in [-0.39, 0.29) is 18.4 Å². The van der Waals surface area contributed by atoms with Crippen LogP contribution in [0.2, 0.25) is 0 Å². The predicted molar refractivity (Wildman–Crippen MR) is 51.6 cm³/mol. The molecular formula is C9H11FN4O. The number of aromatic nitrogens is 2. The Morgan fingerprint density at radius 2 is 2.13 bits per heavy atom. The molecule has 5 nitrogen and oxygen atoms in total. The second-order valence-corrected chi connectivity index (χ2v) is 3.42. The van der Waals surface area contributed by atoms with Crippen molar-refractivity contribution < 1.29 is 9.18 Å². The first-order valence-corrected chi connectivity index (χ1v) is 4.75. The maximum Gasteiger partial charge on any atom is 0.239 e. The molecule has 1 saturated carbocycles. The number of hydrogen-bond acceptors (Lipinski definition) is 4. The van der Waals surface area contributed by atoms with E-state index >= 15 is 0 Å². The average Bonchev–Trinajstić information content (AvgIpc) is 3.01. The summed E-state index contributed by atoms with van der Waals surface area (Å²) in [4.78, 5) is 18.6. The average molecular weight is 210 g/mol. The molecule has 15 heavy (non-hydrogen) atoms. The molecule has 1 heterocycles. The van der Waals surface area contributed by atoms with E-state index in [1.807, 2.05) is 0 Å². The molecule has 0 spiro atoms.